The minimum absolute atomic E-state index is 0.232. The average Bonchev–Trinajstić information content (AvgIpc) is 3.18. The molecule has 14 nitrogen and oxygen atoms in total. The molecule has 54 heavy (non-hydrogen) atoms. The molecule has 0 saturated heterocycles. The molecule has 0 radical (unpaired) electrons. The third-order valence-electron chi connectivity index (χ3n) is 7.37. The number of amidine groups is 2. The summed E-state index contributed by atoms with van der Waals surface area (Å²) in [5, 5.41) is 17.4. The standard InChI is InChI=1S/C40H36N14/c1-27-41-28(2)44-39(43-27)53-51-37(25-15-31-11-7-5-8-12-31)49-47-35-21-17-33(18-22-35)34-19-23-36(24-20-34)48-50-38(26-16-32-13-9-6-10-14-32)52-54-40-45-29(3)42-30(4)46-40/h5-26H,1-4H3,(H2,41,42,43,44,45,46,47,48,49,50,51,52,53,54)/p+1/b25-15+,26-16+. The lowest BCUT2D eigenvalue weighted by Gasteiger charge is -2.05. The van der Waals surface area contributed by atoms with Gasteiger partial charge in [0.05, 0.1) is 22.6 Å². The second-order valence-corrected chi connectivity index (χ2v) is 11.7. The zero-order valence-electron chi connectivity index (χ0n) is 30.1. The van der Waals surface area contributed by atoms with Gasteiger partial charge in [-0.05, 0) is 86.4 Å². The summed E-state index contributed by atoms with van der Waals surface area (Å²) < 4.78 is 0. The summed E-state index contributed by atoms with van der Waals surface area (Å²) in [5.74, 6) is 3.68. The molecule has 2 aromatic heterocycles. The van der Waals surface area contributed by atoms with E-state index in [0.717, 1.165) is 27.9 Å². The summed E-state index contributed by atoms with van der Waals surface area (Å²) in [6.45, 7) is 7.17. The Kier molecular flexibility index (Phi) is 12.1. The topological polar surface area (TPSA) is 177 Å². The normalized spacial score (nSPS) is 11.5. The van der Waals surface area contributed by atoms with E-state index in [-0.39, 0.29) is 5.95 Å². The van der Waals surface area contributed by atoms with Crippen LogP contribution in [0.25, 0.3) is 23.3 Å². The summed E-state index contributed by atoms with van der Waals surface area (Å²) in [6.07, 6.45) is 7.43. The third kappa shape index (κ3) is 11.2. The number of nitrogens with zero attached hydrogens (tertiary/aromatic N) is 11. The predicted molar refractivity (Wildman–Crippen MR) is 211 cm³/mol. The highest BCUT2D eigenvalue weighted by Crippen LogP contribution is 2.24. The minimum Gasteiger partial charge on any atom is -0.243 e. The van der Waals surface area contributed by atoms with E-state index in [9.17, 15) is 0 Å². The molecule has 0 bridgehead atoms. The molecule has 0 unspecified atom stereocenters. The molecule has 0 aliphatic rings. The van der Waals surface area contributed by atoms with Crippen molar-refractivity contribution >= 4 is 47.1 Å². The molecule has 0 atom stereocenters. The number of benzene rings is 4. The molecule has 6 aromatic rings. The first-order valence-corrected chi connectivity index (χ1v) is 17.0. The summed E-state index contributed by atoms with van der Waals surface area (Å²) in [6, 6.07) is 35.5. The largest absolute Gasteiger partial charge is 0.422 e. The number of rotatable bonds is 11. The quantitative estimate of drug-likeness (QED) is 0.0393. The molecule has 0 fully saturated rings. The van der Waals surface area contributed by atoms with Gasteiger partial charge in [-0.2, -0.15) is 30.5 Å². The van der Waals surface area contributed by atoms with Gasteiger partial charge in [-0.25, -0.2) is 20.8 Å². The van der Waals surface area contributed by atoms with E-state index < -0.39 is 0 Å². The van der Waals surface area contributed by atoms with Gasteiger partial charge in [0.15, 0.2) is 5.84 Å². The van der Waals surface area contributed by atoms with E-state index in [1.54, 1.807) is 33.8 Å². The predicted octanol–water partition coefficient (Wildman–Crippen LogP) is 8.20. The zero-order chi connectivity index (χ0) is 37.5. The van der Waals surface area contributed by atoms with E-state index in [1.165, 1.54) is 0 Å². The Hall–Kier alpha value is -7.57. The lowest BCUT2D eigenvalue weighted by Crippen LogP contribution is -2.28. The van der Waals surface area contributed by atoms with Crippen LogP contribution < -0.4 is 16.3 Å². The number of hydrogen-bond acceptors (Lipinski definition) is 11. The average molecular weight is 714 g/mol. The highest BCUT2D eigenvalue weighted by molar-refractivity contribution is 5.97. The van der Waals surface area contributed by atoms with Crippen LogP contribution in [0.2, 0.25) is 0 Å². The Labute approximate surface area is 312 Å². The van der Waals surface area contributed by atoms with Gasteiger partial charge >= 0.3 is 11.8 Å². The molecule has 0 aliphatic heterocycles. The van der Waals surface area contributed by atoms with E-state index in [2.05, 4.69) is 71.4 Å². The van der Waals surface area contributed by atoms with Gasteiger partial charge in [-0.3, -0.25) is 0 Å². The van der Waals surface area contributed by atoms with Crippen molar-refractivity contribution < 1.29 is 4.79 Å². The Morgan fingerprint density at radius 3 is 1.72 bits per heavy atom. The van der Waals surface area contributed by atoms with Gasteiger partial charge in [0.1, 0.15) is 23.3 Å². The first kappa shape index (κ1) is 36.2. The molecule has 2 heterocycles. The molecule has 266 valence electrons. The lowest BCUT2D eigenvalue weighted by atomic mass is 10.1. The van der Waals surface area contributed by atoms with Crippen molar-refractivity contribution in [2.45, 2.75) is 27.7 Å². The highest BCUT2D eigenvalue weighted by atomic mass is 15.4. The van der Waals surface area contributed by atoms with E-state index >= 15 is 0 Å². The molecule has 6 rings (SSSR count). The Morgan fingerprint density at radius 2 is 1.13 bits per heavy atom. The smallest absolute Gasteiger partial charge is 0.243 e. The molecule has 4 aromatic carbocycles. The maximum Gasteiger partial charge on any atom is 0.422 e. The van der Waals surface area contributed by atoms with E-state index in [1.807, 2.05) is 127 Å². The van der Waals surface area contributed by atoms with Crippen LogP contribution in [0.15, 0.2) is 142 Å². The molecular formula is C40H37N14+. The molecule has 0 aliphatic carbocycles. The van der Waals surface area contributed by atoms with Gasteiger partial charge in [0.25, 0.3) is 0 Å². The second-order valence-electron chi connectivity index (χ2n) is 11.7. The molecule has 3 N–H and O–H groups in total. The van der Waals surface area contributed by atoms with Crippen molar-refractivity contribution in [2.75, 3.05) is 10.9 Å². The van der Waals surface area contributed by atoms with Crippen molar-refractivity contribution in [1.29, 1.82) is 0 Å². The van der Waals surface area contributed by atoms with Crippen LogP contribution in [0.4, 0.5) is 23.3 Å². The fraction of sp³-hybridized carbons (Fsp3) is 0.100. The SMILES string of the molecule is Cc1nc(C)nc(N=[N+]=C(/C=C/c2ccccc2)NNc2ccc(-c3ccc(N=NC(/C=C/c4ccccc4)=N\Nc4nc(C)nc(C)n4)cc3)cc2)n1. The number of hydrazone groups is 1. The van der Waals surface area contributed by atoms with Crippen LogP contribution >= 0.6 is 0 Å². The number of hydrazine groups is 1. The van der Waals surface area contributed by atoms with Gasteiger partial charge < -0.3 is 0 Å². The molecule has 0 spiro atoms. The molecule has 0 saturated carbocycles. The first-order chi connectivity index (χ1) is 26.3. The molecule has 14 heteroatoms. The minimum atomic E-state index is 0.232. The molecule has 0 amide bonds. The Bertz CT molecular complexity index is 2320. The summed E-state index contributed by atoms with van der Waals surface area (Å²) in [5.41, 5.74) is 14.7. The van der Waals surface area contributed by atoms with E-state index in [0.29, 0.717) is 46.6 Å². The number of anilines is 2. The lowest BCUT2D eigenvalue weighted by molar-refractivity contribution is -0.0812. The monoisotopic (exact) mass is 713 g/mol. The van der Waals surface area contributed by atoms with Crippen molar-refractivity contribution in [3.63, 3.8) is 0 Å². The molecular weight excluding hydrogens is 677 g/mol. The van der Waals surface area contributed by atoms with Gasteiger partial charge in [-0.1, -0.05) is 95.8 Å². The van der Waals surface area contributed by atoms with Crippen molar-refractivity contribution in [1.82, 2.24) is 35.3 Å². The summed E-state index contributed by atoms with van der Waals surface area (Å²) in [7, 11) is 0. The fourth-order valence-electron chi connectivity index (χ4n) is 4.89. The van der Waals surface area contributed by atoms with Crippen molar-refractivity contribution in [3.8, 4) is 11.1 Å². The zero-order valence-corrected chi connectivity index (χ0v) is 30.1. The number of azo groups is 1. The van der Waals surface area contributed by atoms with Crippen molar-refractivity contribution in [3.05, 3.63) is 156 Å². The van der Waals surface area contributed by atoms with Crippen molar-refractivity contribution in [2.24, 2.45) is 20.4 Å². The van der Waals surface area contributed by atoms with E-state index in [4.69, 9.17) is 0 Å². The van der Waals surface area contributed by atoms with Gasteiger partial charge in [-0.15, -0.1) is 10.2 Å². The number of nitrogens with one attached hydrogen (secondary N) is 3. The van der Waals surface area contributed by atoms with Gasteiger partial charge in [0.2, 0.25) is 5.95 Å². The Morgan fingerprint density at radius 1 is 0.593 bits per heavy atom. The maximum absolute atomic E-state index is 4.43. The number of aryl methyl sites for hydroxylation is 4. The first-order valence-electron chi connectivity index (χ1n) is 17.0. The van der Waals surface area contributed by atoms with Crippen LogP contribution in [-0.2, 0) is 0 Å². The van der Waals surface area contributed by atoms with Crippen LogP contribution in [-0.4, -0.2) is 46.4 Å². The highest BCUT2D eigenvalue weighted by Gasteiger charge is 2.08. The van der Waals surface area contributed by atoms with Gasteiger partial charge in [0, 0.05) is 0 Å². The van der Waals surface area contributed by atoms with Crippen LogP contribution in [0.3, 0.4) is 0 Å². The Balaban J connectivity index is 1.13. The third-order valence-corrected chi connectivity index (χ3v) is 7.37. The van der Waals surface area contributed by atoms with Crippen LogP contribution in [0.5, 0.6) is 0 Å². The van der Waals surface area contributed by atoms with Crippen LogP contribution in [0, 0.1) is 27.7 Å². The summed E-state index contributed by atoms with van der Waals surface area (Å²) >= 11 is 0. The number of hydrogen-bond donors (Lipinski definition) is 3. The second kappa shape index (κ2) is 18.1. The maximum atomic E-state index is 4.43. The number of aromatic nitrogens is 6. The fourth-order valence-corrected chi connectivity index (χ4v) is 4.89. The summed E-state index contributed by atoms with van der Waals surface area (Å²) in [4.78, 5) is 29.8. The van der Waals surface area contributed by atoms with Crippen LogP contribution in [0.1, 0.15) is 34.4 Å².